The van der Waals surface area contributed by atoms with Gasteiger partial charge in [0.15, 0.2) is 0 Å². The molecule has 29 heavy (non-hydrogen) atoms. The summed E-state index contributed by atoms with van der Waals surface area (Å²) < 4.78 is 23.8. The van der Waals surface area contributed by atoms with E-state index in [1.54, 1.807) is 24.3 Å². The number of amides is 1. The van der Waals surface area contributed by atoms with E-state index in [1.165, 1.54) is 30.3 Å². The molecule has 0 radical (unpaired) electrons. The maximum Gasteiger partial charge on any atom is 0.266 e. The molecule has 0 bridgehead atoms. The first-order valence-electron chi connectivity index (χ1n) is 8.79. The molecule has 0 atom stereocenters. The maximum atomic E-state index is 12.9. The van der Waals surface area contributed by atoms with Gasteiger partial charge in [-0.15, -0.1) is 0 Å². The van der Waals surface area contributed by atoms with Gasteiger partial charge in [-0.1, -0.05) is 17.3 Å². The molecule has 0 aliphatic heterocycles. The summed E-state index contributed by atoms with van der Waals surface area (Å²) >= 11 is 0. The Morgan fingerprint density at radius 1 is 1.21 bits per heavy atom. The summed E-state index contributed by atoms with van der Waals surface area (Å²) in [4.78, 5) is 12.3. The number of nitrogens with zero attached hydrogens (tertiary/aromatic N) is 2. The van der Waals surface area contributed by atoms with Crippen molar-refractivity contribution in [1.29, 1.82) is 5.26 Å². The SMILES string of the molecule is Cc1noc(C)c1COc1ccc(/C=C(\C#N)C(=O)Nc2ccc(F)cc2)cc1. The monoisotopic (exact) mass is 391 g/mol. The van der Waals surface area contributed by atoms with Gasteiger partial charge in [-0.3, -0.25) is 4.79 Å². The Balaban J connectivity index is 1.66. The largest absolute Gasteiger partial charge is 0.489 e. The molecule has 0 saturated heterocycles. The summed E-state index contributed by atoms with van der Waals surface area (Å²) in [6, 6.07) is 14.2. The highest BCUT2D eigenvalue weighted by atomic mass is 19.1. The van der Waals surface area contributed by atoms with Crippen LogP contribution in [0.4, 0.5) is 10.1 Å². The number of hydrogen-bond acceptors (Lipinski definition) is 5. The molecule has 1 aromatic heterocycles. The van der Waals surface area contributed by atoms with Gasteiger partial charge in [0.25, 0.3) is 5.91 Å². The van der Waals surface area contributed by atoms with Crippen LogP contribution in [0.2, 0.25) is 0 Å². The lowest BCUT2D eigenvalue weighted by Gasteiger charge is -2.07. The third-order valence-corrected chi connectivity index (χ3v) is 4.22. The van der Waals surface area contributed by atoms with Gasteiger partial charge >= 0.3 is 0 Å². The number of carbonyl (C=O) groups excluding carboxylic acids is 1. The van der Waals surface area contributed by atoms with E-state index in [2.05, 4.69) is 10.5 Å². The fourth-order valence-corrected chi connectivity index (χ4v) is 2.57. The Hall–Kier alpha value is -3.92. The predicted octanol–water partition coefficient (Wildman–Crippen LogP) is 4.56. The van der Waals surface area contributed by atoms with E-state index >= 15 is 0 Å². The smallest absolute Gasteiger partial charge is 0.266 e. The van der Waals surface area contributed by atoms with Gasteiger partial charge in [0.05, 0.1) is 11.3 Å². The van der Waals surface area contributed by atoms with Crippen LogP contribution in [0.25, 0.3) is 6.08 Å². The lowest BCUT2D eigenvalue weighted by atomic mass is 10.1. The molecule has 0 aliphatic carbocycles. The third kappa shape index (κ3) is 5.08. The molecule has 0 spiro atoms. The Labute approximate surface area is 167 Å². The van der Waals surface area contributed by atoms with Crippen LogP contribution in [-0.2, 0) is 11.4 Å². The minimum Gasteiger partial charge on any atom is -0.489 e. The van der Waals surface area contributed by atoms with Crippen molar-refractivity contribution < 1.29 is 18.4 Å². The Morgan fingerprint density at radius 2 is 1.90 bits per heavy atom. The van der Waals surface area contributed by atoms with Gasteiger partial charge < -0.3 is 14.6 Å². The zero-order chi connectivity index (χ0) is 20.8. The van der Waals surface area contributed by atoms with E-state index in [9.17, 15) is 14.4 Å². The molecule has 146 valence electrons. The lowest BCUT2D eigenvalue weighted by molar-refractivity contribution is -0.112. The third-order valence-electron chi connectivity index (χ3n) is 4.22. The number of carbonyl (C=O) groups is 1. The average Bonchev–Trinajstić information content (AvgIpc) is 3.04. The number of aromatic nitrogens is 1. The summed E-state index contributed by atoms with van der Waals surface area (Å²) in [5, 5.41) is 15.7. The molecular weight excluding hydrogens is 373 g/mol. The van der Waals surface area contributed by atoms with Crippen molar-refractivity contribution in [3.8, 4) is 11.8 Å². The highest BCUT2D eigenvalue weighted by molar-refractivity contribution is 6.09. The zero-order valence-corrected chi connectivity index (χ0v) is 15.9. The second-order valence-corrected chi connectivity index (χ2v) is 6.29. The molecule has 1 N–H and O–H groups in total. The van der Waals surface area contributed by atoms with Crippen molar-refractivity contribution in [2.24, 2.45) is 0 Å². The van der Waals surface area contributed by atoms with Crippen LogP contribution in [0.1, 0.15) is 22.6 Å². The van der Waals surface area contributed by atoms with Crippen LogP contribution in [-0.4, -0.2) is 11.1 Å². The number of rotatable bonds is 6. The van der Waals surface area contributed by atoms with E-state index < -0.39 is 11.7 Å². The molecule has 1 amide bonds. The normalized spacial score (nSPS) is 11.0. The van der Waals surface area contributed by atoms with Crippen LogP contribution >= 0.6 is 0 Å². The molecule has 7 heteroatoms. The number of aryl methyl sites for hydroxylation is 2. The standard InChI is InChI=1S/C22H18FN3O3/c1-14-21(15(2)29-26-14)13-28-20-9-3-16(4-10-20)11-17(12-24)22(27)25-19-7-5-18(23)6-8-19/h3-11H,13H2,1-2H3,(H,25,27)/b17-11+. The molecule has 0 fully saturated rings. The van der Waals surface area contributed by atoms with Crippen LogP contribution < -0.4 is 10.1 Å². The number of anilines is 1. The fourth-order valence-electron chi connectivity index (χ4n) is 2.57. The van der Waals surface area contributed by atoms with Gasteiger partial charge in [-0.2, -0.15) is 5.26 Å². The molecule has 3 aromatic rings. The minimum absolute atomic E-state index is 0.0706. The van der Waals surface area contributed by atoms with Crippen molar-refractivity contribution in [1.82, 2.24) is 5.16 Å². The number of halogens is 1. The maximum absolute atomic E-state index is 12.9. The molecular formula is C22H18FN3O3. The van der Waals surface area contributed by atoms with Crippen molar-refractivity contribution in [2.75, 3.05) is 5.32 Å². The quantitative estimate of drug-likeness (QED) is 0.492. The number of hydrogen-bond donors (Lipinski definition) is 1. The summed E-state index contributed by atoms with van der Waals surface area (Å²) in [5.74, 6) is 0.373. The van der Waals surface area contributed by atoms with Gasteiger partial charge in [0, 0.05) is 5.69 Å². The fraction of sp³-hybridized carbons (Fsp3) is 0.136. The Bertz CT molecular complexity index is 1060. The number of nitrogens with one attached hydrogen (secondary N) is 1. The number of benzene rings is 2. The van der Waals surface area contributed by atoms with E-state index in [0.29, 0.717) is 29.4 Å². The van der Waals surface area contributed by atoms with Gasteiger partial charge in [0.1, 0.15) is 35.6 Å². The molecule has 0 saturated carbocycles. The molecule has 2 aromatic carbocycles. The Morgan fingerprint density at radius 3 is 2.48 bits per heavy atom. The topological polar surface area (TPSA) is 88.2 Å². The number of nitriles is 1. The van der Waals surface area contributed by atoms with Crippen LogP contribution in [0, 0.1) is 31.0 Å². The molecule has 3 rings (SSSR count). The first-order valence-corrected chi connectivity index (χ1v) is 8.79. The van der Waals surface area contributed by atoms with E-state index in [-0.39, 0.29) is 5.57 Å². The Kier molecular flexibility index (Phi) is 6.05. The van der Waals surface area contributed by atoms with Gasteiger partial charge in [0.2, 0.25) is 0 Å². The first kappa shape index (κ1) is 19.8. The van der Waals surface area contributed by atoms with Crippen LogP contribution in [0.15, 0.2) is 58.6 Å². The van der Waals surface area contributed by atoms with Gasteiger partial charge in [-0.25, -0.2) is 4.39 Å². The minimum atomic E-state index is -0.571. The average molecular weight is 391 g/mol. The van der Waals surface area contributed by atoms with Crippen molar-refractivity contribution in [3.05, 3.63) is 82.5 Å². The molecule has 0 unspecified atom stereocenters. The lowest BCUT2D eigenvalue weighted by Crippen LogP contribution is -2.13. The second kappa shape index (κ2) is 8.85. The van der Waals surface area contributed by atoms with Crippen molar-refractivity contribution in [3.63, 3.8) is 0 Å². The van der Waals surface area contributed by atoms with Crippen LogP contribution in [0.5, 0.6) is 5.75 Å². The first-order chi connectivity index (χ1) is 14.0. The van der Waals surface area contributed by atoms with Gasteiger partial charge in [-0.05, 0) is 61.9 Å². The van der Waals surface area contributed by atoms with E-state index in [1.807, 2.05) is 19.9 Å². The second-order valence-electron chi connectivity index (χ2n) is 6.29. The summed E-state index contributed by atoms with van der Waals surface area (Å²) in [5.41, 5.74) is 2.69. The van der Waals surface area contributed by atoms with E-state index in [0.717, 1.165) is 11.3 Å². The summed E-state index contributed by atoms with van der Waals surface area (Å²) in [7, 11) is 0. The predicted molar refractivity (Wildman–Crippen MR) is 105 cm³/mol. The molecule has 0 aliphatic rings. The highest BCUT2D eigenvalue weighted by Crippen LogP contribution is 2.19. The highest BCUT2D eigenvalue weighted by Gasteiger charge is 2.11. The summed E-state index contributed by atoms with van der Waals surface area (Å²) in [6.07, 6.45) is 1.47. The van der Waals surface area contributed by atoms with Crippen molar-refractivity contribution >= 4 is 17.7 Å². The zero-order valence-electron chi connectivity index (χ0n) is 15.9. The molecule has 6 nitrogen and oxygen atoms in total. The van der Waals surface area contributed by atoms with E-state index in [4.69, 9.17) is 9.26 Å². The number of ether oxygens (including phenoxy) is 1. The summed E-state index contributed by atoms with van der Waals surface area (Å²) in [6.45, 7) is 4.01. The molecule has 1 heterocycles. The van der Waals surface area contributed by atoms with Crippen molar-refractivity contribution in [2.45, 2.75) is 20.5 Å². The van der Waals surface area contributed by atoms with Crippen LogP contribution in [0.3, 0.4) is 0 Å².